The van der Waals surface area contributed by atoms with E-state index in [0.29, 0.717) is 0 Å². The van der Waals surface area contributed by atoms with Crippen molar-refractivity contribution in [2.45, 2.75) is 0 Å². The highest BCUT2D eigenvalue weighted by Crippen LogP contribution is 2.31. The predicted octanol–water partition coefficient (Wildman–Crippen LogP) is 2.51. The number of hydrogen-bond acceptors (Lipinski definition) is 3. The van der Waals surface area contributed by atoms with Crippen molar-refractivity contribution in [3.8, 4) is 29.8 Å². The fraction of sp³-hybridized carbons (Fsp3) is 0.143. The van der Waals surface area contributed by atoms with E-state index in [2.05, 4.69) is 5.92 Å². The standard InChI is InChI=1S/C14H8Cl2FN3O2/c1-3-4-22-12-6-10(9(17)5-8(12)15)20-13(16)11(7-18)19(2)14(20)21/h1,5-6H,4H2,2H3. The third-order valence-corrected chi connectivity index (χ3v) is 3.51. The molecule has 2 rings (SSSR count). The monoisotopic (exact) mass is 339 g/mol. The molecule has 22 heavy (non-hydrogen) atoms. The number of benzene rings is 1. The normalized spacial score (nSPS) is 10.1. The Balaban J connectivity index is 2.72. The number of nitrogens with zero attached hydrogens (tertiary/aromatic N) is 3. The van der Waals surface area contributed by atoms with Crippen molar-refractivity contribution in [2.24, 2.45) is 7.05 Å². The molecule has 0 saturated carbocycles. The van der Waals surface area contributed by atoms with Crippen molar-refractivity contribution in [3.05, 3.63) is 44.3 Å². The lowest BCUT2D eigenvalue weighted by molar-refractivity contribution is 0.369. The van der Waals surface area contributed by atoms with Gasteiger partial charge in [-0.05, 0) is 6.07 Å². The fourth-order valence-corrected chi connectivity index (χ4v) is 2.36. The summed E-state index contributed by atoms with van der Waals surface area (Å²) in [6.45, 7) is -0.0777. The second-order valence-corrected chi connectivity index (χ2v) is 4.92. The molecule has 0 fully saturated rings. The van der Waals surface area contributed by atoms with Gasteiger partial charge < -0.3 is 4.74 Å². The number of aromatic nitrogens is 2. The molecule has 0 amide bonds. The van der Waals surface area contributed by atoms with Crippen molar-refractivity contribution in [1.82, 2.24) is 9.13 Å². The molecule has 0 atom stereocenters. The maximum atomic E-state index is 14.2. The minimum absolute atomic E-state index is 0.00268. The van der Waals surface area contributed by atoms with Gasteiger partial charge in [-0.3, -0.25) is 4.57 Å². The minimum Gasteiger partial charge on any atom is -0.479 e. The average molecular weight is 340 g/mol. The van der Waals surface area contributed by atoms with E-state index in [1.807, 2.05) is 0 Å². The number of rotatable bonds is 3. The van der Waals surface area contributed by atoms with Crippen LogP contribution in [0.15, 0.2) is 16.9 Å². The summed E-state index contributed by atoms with van der Waals surface area (Å²) in [6.07, 6.45) is 5.09. The molecule has 1 heterocycles. The van der Waals surface area contributed by atoms with Gasteiger partial charge in [0, 0.05) is 13.1 Å². The lowest BCUT2D eigenvalue weighted by Crippen LogP contribution is -2.22. The van der Waals surface area contributed by atoms with E-state index >= 15 is 0 Å². The Morgan fingerprint density at radius 3 is 2.68 bits per heavy atom. The molecule has 0 aliphatic carbocycles. The molecular formula is C14H8Cl2FN3O2. The van der Waals surface area contributed by atoms with Gasteiger partial charge >= 0.3 is 5.69 Å². The van der Waals surface area contributed by atoms with Crippen LogP contribution in [-0.4, -0.2) is 15.7 Å². The molecule has 0 aliphatic rings. The number of imidazole rings is 1. The molecule has 0 unspecified atom stereocenters. The highest BCUT2D eigenvalue weighted by Gasteiger charge is 2.21. The Morgan fingerprint density at radius 2 is 2.14 bits per heavy atom. The molecule has 1 aromatic carbocycles. The van der Waals surface area contributed by atoms with Crippen molar-refractivity contribution in [2.75, 3.05) is 6.61 Å². The van der Waals surface area contributed by atoms with Crippen molar-refractivity contribution in [3.63, 3.8) is 0 Å². The van der Waals surface area contributed by atoms with Crippen molar-refractivity contribution in [1.29, 1.82) is 5.26 Å². The lowest BCUT2D eigenvalue weighted by Gasteiger charge is -2.10. The van der Waals surface area contributed by atoms with Crippen LogP contribution >= 0.6 is 23.2 Å². The SMILES string of the molecule is C#CCOc1cc(-n2c(Cl)c(C#N)n(C)c2=O)c(F)cc1Cl. The fourth-order valence-electron chi connectivity index (χ4n) is 1.82. The van der Waals surface area contributed by atoms with E-state index in [4.69, 9.17) is 39.6 Å². The number of terminal acetylenes is 1. The molecule has 112 valence electrons. The van der Waals surface area contributed by atoms with Crippen LogP contribution in [0.25, 0.3) is 5.69 Å². The molecule has 0 radical (unpaired) electrons. The van der Waals surface area contributed by atoms with Crippen LogP contribution in [0.1, 0.15) is 5.69 Å². The predicted molar refractivity (Wildman–Crippen MR) is 80.0 cm³/mol. The second-order valence-electron chi connectivity index (χ2n) is 4.16. The summed E-state index contributed by atoms with van der Waals surface area (Å²) in [7, 11) is 1.35. The quantitative estimate of drug-likeness (QED) is 0.807. The van der Waals surface area contributed by atoms with Crippen LogP contribution < -0.4 is 10.4 Å². The second kappa shape index (κ2) is 6.15. The molecule has 0 aliphatic heterocycles. The Morgan fingerprint density at radius 1 is 1.45 bits per heavy atom. The molecule has 0 N–H and O–H groups in total. The topological polar surface area (TPSA) is 60.0 Å². The maximum Gasteiger partial charge on any atom is 0.334 e. The Hall–Kier alpha value is -2.41. The number of hydrogen-bond donors (Lipinski definition) is 0. The van der Waals surface area contributed by atoms with Crippen molar-refractivity contribution < 1.29 is 9.13 Å². The molecule has 8 heteroatoms. The largest absolute Gasteiger partial charge is 0.479 e. The van der Waals surface area contributed by atoms with Crippen LogP contribution in [0.3, 0.4) is 0 Å². The smallest absolute Gasteiger partial charge is 0.334 e. The van der Waals surface area contributed by atoms with E-state index < -0.39 is 11.5 Å². The van der Waals surface area contributed by atoms with Gasteiger partial charge in [0.15, 0.2) is 10.8 Å². The van der Waals surface area contributed by atoms with E-state index in [0.717, 1.165) is 15.2 Å². The van der Waals surface area contributed by atoms with Gasteiger partial charge in [0.1, 0.15) is 24.2 Å². The molecule has 1 aromatic heterocycles. The van der Waals surface area contributed by atoms with Gasteiger partial charge in [0.2, 0.25) is 0 Å². The first-order valence-electron chi connectivity index (χ1n) is 5.85. The first-order valence-corrected chi connectivity index (χ1v) is 6.61. The average Bonchev–Trinajstić information content (AvgIpc) is 2.69. The summed E-state index contributed by atoms with van der Waals surface area (Å²) in [5.41, 5.74) is -0.957. The summed E-state index contributed by atoms with van der Waals surface area (Å²) < 4.78 is 21.2. The molecule has 0 spiro atoms. The van der Waals surface area contributed by atoms with Gasteiger partial charge in [0.05, 0.1) is 10.7 Å². The first-order chi connectivity index (χ1) is 10.4. The van der Waals surface area contributed by atoms with Crippen LogP contribution in [-0.2, 0) is 7.05 Å². The van der Waals surface area contributed by atoms with Crippen LogP contribution in [0.2, 0.25) is 10.2 Å². The summed E-state index contributed by atoms with van der Waals surface area (Å²) in [5.74, 6) is 1.55. The van der Waals surface area contributed by atoms with Crippen LogP contribution in [0, 0.1) is 29.5 Å². The maximum absolute atomic E-state index is 14.2. The molecule has 0 bridgehead atoms. The Bertz CT molecular complexity index is 887. The van der Waals surface area contributed by atoms with Crippen LogP contribution in [0.5, 0.6) is 5.75 Å². The van der Waals surface area contributed by atoms with E-state index in [9.17, 15) is 9.18 Å². The first kappa shape index (κ1) is 16.0. The third-order valence-electron chi connectivity index (χ3n) is 2.86. The van der Waals surface area contributed by atoms with Gasteiger partial charge in [-0.25, -0.2) is 13.8 Å². The Kier molecular flexibility index (Phi) is 4.46. The van der Waals surface area contributed by atoms with Gasteiger partial charge in [-0.1, -0.05) is 29.1 Å². The van der Waals surface area contributed by atoms with Gasteiger partial charge in [-0.2, -0.15) is 5.26 Å². The lowest BCUT2D eigenvalue weighted by atomic mass is 10.2. The molecule has 2 aromatic rings. The highest BCUT2D eigenvalue weighted by molar-refractivity contribution is 6.32. The minimum atomic E-state index is -0.794. The summed E-state index contributed by atoms with van der Waals surface area (Å²) in [6, 6.07) is 3.95. The van der Waals surface area contributed by atoms with E-state index in [-0.39, 0.29) is 33.9 Å². The zero-order chi connectivity index (χ0) is 16.4. The van der Waals surface area contributed by atoms with E-state index in [1.165, 1.54) is 13.1 Å². The third kappa shape index (κ3) is 2.55. The summed E-state index contributed by atoms with van der Waals surface area (Å²) in [4.78, 5) is 12.1. The zero-order valence-corrected chi connectivity index (χ0v) is 12.7. The van der Waals surface area contributed by atoms with E-state index in [1.54, 1.807) is 6.07 Å². The highest BCUT2D eigenvalue weighted by atomic mass is 35.5. The zero-order valence-electron chi connectivity index (χ0n) is 11.2. The molecular weight excluding hydrogens is 332 g/mol. The number of halogens is 3. The number of nitriles is 1. The number of ether oxygens (including phenoxy) is 1. The van der Waals surface area contributed by atoms with Gasteiger partial charge in [-0.15, -0.1) is 6.42 Å². The van der Waals surface area contributed by atoms with Crippen molar-refractivity contribution >= 4 is 23.2 Å². The summed E-state index contributed by atoms with van der Waals surface area (Å²) >= 11 is 11.8. The van der Waals surface area contributed by atoms with Crippen LogP contribution in [0.4, 0.5) is 4.39 Å². The van der Waals surface area contributed by atoms with Gasteiger partial charge in [0.25, 0.3) is 0 Å². The molecule has 5 nitrogen and oxygen atoms in total. The summed E-state index contributed by atoms with van der Waals surface area (Å²) in [5, 5.41) is 8.79. The molecule has 0 saturated heterocycles. The Labute approximate surface area is 135 Å².